The molecule has 210 valence electrons. The topological polar surface area (TPSA) is 56.7 Å². The number of carbonyl (C=O) groups is 1. The summed E-state index contributed by atoms with van der Waals surface area (Å²) in [6.45, 7) is 2.32. The summed E-state index contributed by atoms with van der Waals surface area (Å²) in [5, 5.41) is 9.92. The summed E-state index contributed by atoms with van der Waals surface area (Å²) in [5.41, 5.74) is -0.942. The van der Waals surface area contributed by atoms with Crippen LogP contribution < -0.4 is 4.90 Å². The first-order valence-electron chi connectivity index (χ1n) is 11.8. The van der Waals surface area contributed by atoms with Crippen molar-refractivity contribution in [2.24, 2.45) is 0 Å². The lowest BCUT2D eigenvalue weighted by Crippen LogP contribution is -2.28. The number of nitrogens with zero attached hydrogens (tertiary/aromatic N) is 3. The van der Waals surface area contributed by atoms with Crippen molar-refractivity contribution in [1.29, 1.82) is 0 Å². The Morgan fingerprint density at radius 3 is 2.18 bits per heavy atom. The number of halogens is 6. The number of amides is 1. The molecule has 1 amide bonds. The molecule has 2 heterocycles. The molecule has 1 aliphatic heterocycles. The summed E-state index contributed by atoms with van der Waals surface area (Å²) in [4.78, 5) is 20.8. The van der Waals surface area contributed by atoms with Crippen molar-refractivity contribution in [2.75, 3.05) is 25.0 Å². The number of rotatable bonds is 5. The molecule has 0 aliphatic carbocycles. The molecule has 0 radical (unpaired) electrons. The molecule has 3 aromatic rings. The van der Waals surface area contributed by atoms with Gasteiger partial charge in [-0.3, -0.25) is 4.79 Å². The van der Waals surface area contributed by atoms with Crippen molar-refractivity contribution in [3.8, 4) is 11.1 Å². The van der Waals surface area contributed by atoms with Gasteiger partial charge < -0.3 is 14.9 Å². The van der Waals surface area contributed by atoms with Crippen LogP contribution in [0.15, 0.2) is 54.7 Å². The minimum absolute atomic E-state index is 0. The number of aliphatic hydroxyl groups is 1. The average molecular weight is 572 g/mol. The molecular formula is C27H28F6N3O2P. The number of hydrogen-bond acceptors (Lipinski definition) is 4. The highest BCUT2D eigenvalue weighted by Crippen LogP contribution is 2.37. The number of β-amino-alcohol motifs (C(OH)–C–C–N with tert-alkyl or cyclic N) is 1. The van der Waals surface area contributed by atoms with E-state index in [9.17, 15) is 36.2 Å². The van der Waals surface area contributed by atoms with E-state index >= 15 is 0 Å². The van der Waals surface area contributed by atoms with E-state index in [0.29, 0.717) is 43.0 Å². The van der Waals surface area contributed by atoms with Crippen LogP contribution in [0.5, 0.6) is 0 Å². The predicted molar refractivity (Wildman–Crippen MR) is 141 cm³/mol. The standard InChI is InChI=1S/C27H25F6N3O2.H3P/c1-16-5-3-4-6-21(16)22-12-24(36-8-7-20(37)15-36)34-13-23(22)25(38)35(2)14-17-9-18(26(28,29)30)11-19(10-17)27(31,32)33;/h3-6,9-13,20,37H,7-8,14-15H2,1-2H3;1H3/t20-;/m1./s1. The minimum Gasteiger partial charge on any atom is -0.391 e. The van der Waals surface area contributed by atoms with Crippen molar-refractivity contribution in [3.05, 3.63) is 82.5 Å². The van der Waals surface area contributed by atoms with Crippen LogP contribution in [0.1, 0.15) is 39.0 Å². The Kier molecular flexibility index (Phi) is 8.97. The maximum absolute atomic E-state index is 13.5. The lowest BCUT2D eigenvalue weighted by Gasteiger charge is -2.23. The number of aryl methyl sites for hydroxylation is 1. The number of pyridine rings is 1. The SMILES string of the molecule is Cc1ccccc1-c1cc(N2CC[C@@H](O)C2)ncc1C(=O)N(C)Cc1cc(C(F)(F)F)cc(C(F)(F)F)c1.P. The molecule has 0 spiro atoms. The normalized spacial score (nSPS) is 15.7. The molecule has 0 saturated carbocycles. The number of aliphatic hydroxyl groups excluding tert-OH is 1. The zero-order chi connectivity index (χ0) is 27.8. The minimum atomic E-state index is -4.99. The Labute approximate surface area is 225 Å². The van der Waals surface area contributed by atoms with Crippen LogP contribution in [0.4, 0.5) is 32.2 Å². The van der Waals surface area contributed by atoms with Gasteiger partial charge in [-0.1, -0.05) is 24.3 Å². The lowest BCUT2D eigenvalue weighted by atomic mass is 9.96. The van der Waals surface area contributed by atoms with Crippen LogP contribution in [0.25, 0.3) is 11.1 Å². The first kappa shape index (κ1) is 30.4. The van der Waals surface area contributed by atoms with Gasteiger partial charge in [-0.25, -0.2) is 4.98 Å². The fraction of sp³-hybridized carbons (Fsp3) is 0.333. The molecular weight excluding hydrogens is 543 g/mol. The van der Waals surface area contributed by atoms with Gasteiger partial charge in [0.2, 0.25) is 0 Å². The fourth-order valence-electron chi connectivity index (χ4n) is 4.50. The summed E-state index contributed by atoms with van der Waals surface area (Å²) in [5.74, 6) is -0.0681. The zero-order valence-electron chi connectivity index (χ0n) is 21.3. The van der Waals surface area contributed by atoms with Crippen LogP contribution >= 0.6 is 9.90 Å². The van der Waals surface area contributed by atoms with E-state index in [-0.39, 0.29) is 27.1 Å². The molecule has 1 saturated heterocycles. The van der Waals surface area contributed by atoms with Gasteiger partial charge in [-0.15, -0.1) is 0 Å². The van der Waals surface area contributed by atoms with E-state index in [4.69, 9.17) is 0 Å². The molecule has 2 aromatic carbocycles. The summed E-state index contributed by atoms with van der Waals surface area (Å²) in [7, 11) is 1.31. The second kappa shape index (κ2) is 11.5. The number of carbonyl (C=O) groups excluding carboxylic acids is 1. The molecule has 1 unspecified atom stereocenters. The maximum atomic E-state index is 13.5. The van der Waals surface area contributed by atoms with Gasteiger partial charge in [0.25, 0.3) is 5.91 Å². The third-order valence-corrected chi connectivity index (χ3v) is 6.46. The van der Waals surface area contributed by atoms with Crippen molar-refractivity contribution in [3.63, 3.8) is 0 Å². The monoisotopic (exact) mass is 571 g/mol. The number of hydrogen-bond donors (Lipinski definition) is 1. The van der Waals surface area contributed by atoms with Gasteiger partial charge in [-0.05, 0) is 59.9 Å². The Balaban J connectivity index is 0.00000420. The van der Waals surface area contributed by atoms with Crippen LogP contribution in [0.2, 0.25) is 0 Å². The van der Waals surface area contributed by atoms with E-state index in [1.807, 2.05) is 30.0 Å². The van der Waals surface area contributed by atoms with Crippen LogP contribution in [0.3, 0.4) is 0 Å². The Hall–Kier alpha value is -3.17. The number of aromatic nitrogens is 1. The molecule has 2 atom stereocenters. The van der Waals surface area contributed by atoms with E-state index < -0.39 is 42.0 Å². The van der Waals surface area contributed by atoms with Crippen LogP contribution in [-0.4, -0.2) is 47.1 Å². The van der Waals surface area contributed by atoms with Gasteiger partial charge in [0.15, 0.2) is 0 Å². The van der Waals surface area contributed by atoms with Gasteiger partial charge in [0, 0.05) is 32.9 Å². The molecule has 12 heteroatoms. The zero-order valence-corrected chi connectivity index (χ0v) is 22.7. The van der Waals surface area contributed by atoms with Crippen molar-refractivity contribution in [1.82, 2.24) is 9.88 Å². The molecule has 1 aromatic heterocycles. The smallest absolute Gasteiger partial charge is 0.391 e. The molecule has 4 rings (SSSR count). The third-order valence-electron chi connectivity index (χ3n) is 6.46. The number of benzene rings is 2. The quantitative estimate of drug-likeness (QED) is 0.302. The second-order valence-electron chi connectivity index (χ2n) is 9.37. The van der Waals surface area contributed by atoms with Crippen LogP contribution in [0, 0.1) is 6.92 Å². The van der Waals surface area contributed by atoms with Gasteiger partial charge >= 0.3 is 12.4 Å². The van der Waals surface area contributed by atoms with E-state index in [1.165, 1.54) is 13.2 Å². The van der Waals surface area contributed by atoms with Gasteiger partial charge in [-0.2, -0.15) is 36.2 Å². The third kappa shape index (κ3) is 6.89. The van der Waals surface area contributed by atoms with Gasteiger partial charge in [0.05, 0.1) is 22.8 Å². The molecule has 39 heavy (non-hydrogen) atoms. The Morgan fingerprint density at radius 2 is 1.64 bits per heavy atom. The first-order chi connectivity index (χ1) is 17.7. The first-order valence-corrected chi connectivity index (χ1v) is 11.8. The maximum Gasteiger partial charge on any atom is 0.416 e. The highest BCUT2D eigenvalue weighted by Gasteiger charge is 2.37. The number of alkyl halides is 6. The second-order valence-corrected chi connectivity index (χ2v) is 9.37. The predicted octanol–water partition coefficient (Wildman–Crippen LogP) is 6.00. The highest BCUT2D eigenvalue weighted by atomic mass is 31.0. The number of anilines is 1. The lowest BCUT2D eigenvalue weighted by molar-refractivity contribution is -0.143. The average Bonchev–Trinajstić information content (AvgIpc) is 3.28. The molecule has 1 aliphatic rings. The Bertz CT molecular complexity index is 1310. The van der Waals surface area contributed by atoms with E-state index in [0.717, 1.165) is 16.0 Å². The van der Waals surface area contributed by atoms with Gasteiger partial charge in [0.1, 0.15) is 5.82 Å². The van der Waals surface area contributed by atoms with Crippen molar-refractivity contribution >= 4 is 21.6 Å². The summed E-state index contributed by atoms with van der Waals surface area (Å²) < 4.78 is 79.7. The summed E-state index contributed by atoms with van der Waals surface area (Å²) in [6.07, 6.45) is -8.55. The highest BCUT2D eigenvalue weighted by molar-refractivity contribution is 6.92. The molecule has 0 bridgehead atoms. The Morgan fingerprint density at radius 1 is 1.03 bits per heavy atom. The van der Waals surface area contributed by atoms with Crippen LogP contribution in [-0.2, 0) is 18.9 Å². The van der Waals surface area contributed by atoms with Crippen molar-refractivity contribution < 1.29 is 36.2 Å². The van der Waals surface area contributed by atoms with E-state index in [1.54, 1.807) is 12.1 Å². The molecule has 1 fully saturated rings. The van der Waals surface area contributed by atoms with E-state index in [2.05, 4.69) is 4.98 Å². The molecule has 5 nitrogen and oxygen atoms in total. The van der Waals surface area contributed by atoms with Crippen molar-refractivity contribution in [2.45, 2.75) is 38.3 Å². The fourth-order valence-corrected chi connectivity index (χ4v) is 4.50. The summed E-state index contributed by atoms with van der Waals surface area (Å²) >= 11 is 0. The molecule has 1 N–H and O–H groups in total. The summed E-state index contributed by atoms with van der Waals surface area (Å²) in [6, 6.07) is 10.3. The largest absolute Gasteiger partial charge is 0.416 e.